The van der Waals surface area contributed by atoms with Gasteiger partial charge in [-0.1, -0.05) is 99.0 Å². The Morgan fingerprint density at radius 1 is 0.803 bits per heavy atom. The number of carbonyl (C=O) groups is 2. The minimum absolute atomic E-state index is 0.111. The van der Waals surface area contributed by atoms with Crippen molar-refractivity contribution in [3.8, 4) is 0 Å². The van der Waals surface area contributed by atoms with E-state index in [4.69, 9.17) is 25.2 Å². The Balaban J connectivity index is 1.26. The van der Waals surface area contributed by atoms with Gasteiger partial charge >= 0.3 is 11.9 Å². The first-order valence-electron chi connectivity index (χ1n) is 25.0. The topological polar surface area (TPSA) is 176 Å². The standard InChI is InChI=1S/C55H79N5O6/c1-12-39-34(7)41-28-46-48(38(11)61)36(9)43(58-46)26-42-35(8)40(22-23-47(62)65-25-24-33(6)21-15-20-32(5)19-14-18-31(4)17-13-16-30(2)3)52(59-42)50-51(55(64)66-29-56)54(63)49-37(10)44(60-53(49)50)27-45(39)57-41/h24,26-28,30-32,34-35,39-40,51,58,60-61,63H,12-23,25,29,56H2,1-11H3/b33-24-,42-26?,45-27?,46-28?,48-38?/t31-,32-,34-,35+,39-,40+,51-/m1/s1. The lowest BCUT2D eigenvalue weighted by molar-refractivity contribution is -0.144. The van der Waals surface area contributed by atoms with Crippen LogP contribution in [-0.4, -0.2) is 55.4 Å². The van der Waals surface area contributed by atoms with E-state index in [9.17, 15) is 19.8 Å². The van der Waals surface area contributed by atoms with Crippen LogP contribution in [0, 0.1) is 31.6 Å². The van der Waals surface area contributed by atoms with Gasteiger partial charge in [0.1, 0.15) is 25.0 Å². The van der Waals surface area contributed by atoms with Gasteiger partial charge in [0.2, 0.25) is 0 Å². The molecule has 0 amide bonds. The number of nitrogens with one attached hydrogen (secondary N) is 2. The van der Waals surface area contributed by atoms with E-state index in [0.29, 0.717) is 39.6 Å². The Bertz CT molecular complexity index is 2560. The summed E-state index contributed by atoms with van der Waals surface area (Å²) >= 11 is 0. The molecule has 1 aliphatic carbocycles. The highest BCUT2D eigenvalue weighted by Crippen LogP contribution is 2.46. The summed E-state index contributed by atoms with van der Waals surface area (Å²) in [6.07, 6.45) is 14.7. The quantitative estimate of drug-likeness (QED) is 0.0419. The highest BCUT2D eigenvalue weighted by Gasteiger charge is 2.42. The molecule has 0 unspecified atom stereocenters. The highest BCUT2D eigenvalue weighted by molar-refractivity contribution is 5.96. The van der Waals surface area contributed by atoms with E-state index < -0.39 is 11.9 Å². The second-order valence-corrected chi connectivity index (χ2v) is 20.5. The summed E-state index contributed by atoms with van der Waals surface area (Å²) in [6.45, 7) is 23.4. The van der Waals surface area contributed by atoms with Crippen molar-refractivity contribution in [2.45, 2.75) is 183 Å². The third kappa shape index (κ3) is 11.3. The maximum absolute atomic E-state index is 13.8. The molecule has 0 radical (unpaired) electrons. The molecule has 3 aromatic rings. The predicted molar refractivity (Wildman–Crippen MR) is 267 cm³/mol. The van der Waals surface area contributed by atoms with Gasteiger partial charge in [-0.3, -0.25) is 25.3 Å². The lowest BCUT2D eigenvalue weighted by atomic mass is 9.84. The third-order valence-corrected chi connectivity index (χ3v) is 15.0. The molecule has 11 nitrogen and oxygen atoms in total. The number of H-pyrrole nitrogens is 2. The number of carbonyl (C=O) groups excluding carboxylic acids is 2. The molecule has 66 heavy (non-hydrogen) atoms. The van der Waals surface area contributed by atoms with Crippen molar-refractivity contribution in [2.24, 2.45) is 23.5 Å². The predicted octanol–water partition coefficient (Wildman–Crippen LogP) is 11.7. The minimum Gasteiger partial charge on any atom is -0.512 e. The summed E-state index contributed by atoms with van der Waals surface area (Å²) in [5.41, 5.74) is 15.2. The molecule has 3 aliphatic rings. The number of aromatic amines is 2. The minimum atomic E-state index is -1.16. The van der Waals surface area contributed by atoms with Gasteiger partial charge in [-0.05, 0) is 107 Å². The zero-order chi connectivity index (χ0) is 48.0. The SMILES string of the molecule is CC[C@H]1c2cc3[nH]c4c(c5nc(cc6[nH]c(cc(n2)[C@@H]1C)c(=C(C)O)c6C)[C@@H](C)[C@@H]5CCC(=O)OC/C=C(/C)CCC[C@H](C)CCC[C@H](C)CCCC(C)C)[C@@H](C(=O)OCN)C(O)=c4c3C. The fourth-order valence-corrected chi connectivity index (χ4v) is 10.8. The Morgan fingerprint density at radius 3 is 2.06 bits per heavy atom. The van der Waals surface area contributed by atoms with Crippen LogP contribution in [0.1, 0.15) is 208 Å². The number of rotatable bonds is 20. The van der Waals surface area contributed by atoms with Gasteiger partial charge in [-0.2, -0.15) is 0 Å². The molecule has 3 aromatic heterocycles. The maximum Gasteiger partial charge on any atom is 0.322 e. The van der Waals surface area contributed by atoms with Crippen LogP contribution in [0.2, 0.25) is 0 Å². The summed E-state index contributed by atoms with van der Waals surface area (Å²) in [7, 11) is 0. The second kappa shape index (κ2) is 22.3. The Hall–Kier alpha value is -4.90. The van der Waals surface area contributed by atoms with E-state index in [-0.39, 0.29) is 60.9 Å². The average Bonchev–Trinajstić information content (AvgIpc) is 4.00. The molecular formula is C55H79N5O6. The molecule has 8 bridgehead atoms. The van der Waals surface area contributed by atoms with Crippen molar-refractivity contribution in [2.75, 3.05) is 13.3 Å². The van der Waals surface area contributed by atoms with Crippen molar-refractivity contribution in [3.63, 3.8) is 0 Å². The lowest BCUT2D eigenvalue weighted by Crippen LogP contribution is -2.22. The van der Waals surface area contributed by atoms with E-state index >= 15 is 0 Å². The number of hydrogen-bond donors (Lipinski definition) is 5. The largest absolute Gasteiger partial charge is 0.512 e. The van der Waals surface area contributed by atoms with E-state index in [0.717, 1.165) is 75.9 Å². The summed E-state index contributed by atoms with van der Waals surface area (Å²) in [6, 6.07) is 6.09. The molecule has 0 saturated heterocycles. The smallest absolute Gasteiger partial charge is 0.322 e. The van der Waals surface area contributed by atoms with Crippen molar-refractivity contribution in [1.82, 2.24) is 19.9 Å². The number of esters is 2. The van der Waals surface area contributed by atoms with Gasteiger partial charge in [0.15, 0.2) is 0 Å². The van der Waals surface area contributed by atoms with Crippen molar-refractivity contribution in [1.29, 1.82) is 0 Å². The number of aliphatic hydroxyl groups excluding tert-OH is 2. The summed E-state index contributed by atoms with van der Waals surface area (Å²) in [4.78, 5) is 44.9. The second-order valence-electron chi connectivity index (χ2n) is 20.5. The van der Waals surface area contributed by atoms with Gasteiger partial charge in [-0.15, -0.1) is 0 Å². The van der Waals surface area contributed by atoms with Gasteiger partial charge in [0.05, 0.1) is 22.5 Å². The molecule has 6 N–H and O–H groups in total. The van der Waals surface area contributed by atoms with Crippen molar-refractivity contribution < 1.29 is 29.3 Å². The summed E-state index contributed by atoms with van der Waals surface area (Å²) < 4.78 is 11.2. The summed E-state index contributed by atoms with van der Waals surface area (Å²) in [5, 5.41) is 24.2. The molecule has 0 saturated carbocycles. The number of nitrogens with two attached hydrogens (primary N) is 1. The van der Waals surface area contributed by atoms with Gasteiger partial charge in [0.25, 0.3) is 0 Å². The van der Waals surface area contributed by atoms with Gasteiger partial charge < -0.3 is 29.7 Å². The average molecular weight is 906 g/mol. The van der Waals surface area contributed by atoms with E-state index in [1.807, 2.05) is 38.1 Å². The van der Waals surface area contributed by atoms with Crippen molar-refractivity contribution in [3.05, 3.63) is 79.8 Å². The number of aliphatic hydroxyl groups is 2. The molecule has 2 aliphatic heterocycles. The number of hydrogen-bond acceptors (Lipinski definition) is 9. The fourth-order valence-electron chi connectivity index (χ4n) is 10.8. The zero-order valence-corrected chi connectivity index (χ0v) is 41.8. The number of ether oxygens (including phenoxy) is 2. The van der Waals surface area contributed by atoms with Crippen LogP contribution in [0.25, 0.3) is 33.6 Å². The first-order valence-corrected chi connectivity index (χ1v) is 25.0. The van der Waals surface area contributed by atoms with Crippen LogP contribution >= 0.6 is 0 Å². The van der Waals surface area contributed by atoms with Crippen LogP contribution in [0.4, 0.5) is 0 Å². The van der Waals surface area contributed by atoms with Crippen LogP contribution in [0.15, 0.2) is 29.8 Å². The monoisotopic (exact) mass is 906 g/mol. The maximum atomic E-state index is 13.8. The number of aryl methyl sites for hydroxylation is 2. The number of aromatic nitrogens is 4. The van der Waals surface area contributed by atoms with Crippen LogP contribution in [0.3, 0.4) is 0 Å². The first kappa shape index (κ1) is 50.5. The van der Waals surface area contributed by atoms with Gasteiger partial charge in [0, 0.05) is 74.2 Å². The molecule has 0 spiro atoms. The number of nitrogens with zero attached hydrogens (tertiary/aromatic N) is 2. The molecule has 0 fully saturated rings. The normalized spacial score (nSPS) is 20.8. The molecule has 7 atom stereocenters. The molecular weight excluding hydrogens is 827 g/mol. The van der Waals surface area contributed by atoms with Gasteiger partial charge in [-0.25, -0.2) is 0 Å². The van der Waals surface area contributed by atoms with E-state index in [1.54, 1.807) is 6.92 Å². The van der Waals surface area contributed by atoms with E-state index in [1.165, 1.54) is 50.5 Å². The fraction of sp³-hybridized carbons (Fsp3) is 0.600. The summed E-state index contributed by atoms with van der Waals surface area (Å²) in [5.74, 6) is -0.0275. The van der Waals surface area contributed by atoms with E-state index in [2.05, 4.69) is 65.4 Å². The molecule has 6 rings (SSSR count). The van der Waals surface area contributed by atoms with Crippen LogP contribution in [-0.2, 0) is 19.1 Å². The first-order chi connectivity index (χ1) is 31.4. The van der Waals surface area contributed by atoms with Crippen molar-refractivity contribution >= 4 is 45.5 Å². The molecule has 11 heteroatoms. The Labute approximate surface area is 392 Å². The molecule has 360 valence electrons. The molecule has 5 heterocycles. The highest BCUT2D eigenvalue weighted by atomic mass is 16.5. The third-order valence-electron chi connectivity index (χ3n) is 15.0. The lowest BCUT2D eigenvalue weighted by Gasteiger charge is -2.19. The molecule has 0 aromatic carbocycles. The Kier molecular flexibility index (Phi) is 17.0. The zero-order valence-electron chi connectivity index (χ0n) is 41.8. The Morgan fingerprint density at radius 2 is 1.41 bits per heavy atom. The number of allylic oxidation sites excluding steroid dienone is 1. The van der Waals surface area contributed by atoms with Crippen LogP contribution in [0.5, 0.6) is 0 Å². The number of fused-ring (bicyclic) bond motifs is 8. The van der Waals surface area contributed by atoms with Crippen LogP contribution < -0.4 is 16.2 Å².